The van der Waals surface area contributed by atoms with Crippen LogP contribution in [0.1, 0.15) is 12.2 Å². The van der Waals surface area contributed by atoms with Crippen LogP contribution < -0.4 is 10.6 Å². The molecule has 0 unspecified atom stereocenters. The third kappa shape index (κ3) is 6.93. The summed E-state index contributed by atoms with van der Waals surface area (Å²) in [5, 5.41) is 6.74. The van der Waals surface area contributed by atoms with Gasteiger partial charge in [0, 0.05) is 53.4 Å². The molecule has 0 atom stereocenters. The van der Waals surface area contributed by atoms with Crippen molar-refractivity contribution in [2.24, 2.45) is 4.99 Å². The SMILES string of the molecule is Cc1nc2ccccc2n1CCCNC(=NCC(=O)N(C)C)NCCN1CCOCC1. The van der Waals surface area contributed by atoms with Gasteiger partial charge in [-0.1, -0.05) is 12.1 Å². The van der Waals surface area contributed by atoms with Gasteiger partial charge in [-0.2, -0.15) is 0 Å². The molecule has 170 valence electrons. The molecular weight excluding hydrogens is 394 g/mol. The highest BCUT2D eigenvalue weighted by Crippen LogP contribution is 2.15. The first-order valence-electron chi connectivity index (χ1n) is 11.0. The second kappa shape index (κ2) is 11.7. The molecule has 1 amide bonds. The summed E-state index contributed by atoms with van der Waals surface area (Å²) >= 11 is 0. The minimum Gasteiger partial charge on any atom is -0.379 e. The Morgan fingerprint density at radius 2 is 1.90 bits per heavy atom. The van der Waals surface area contributed by atoms with Crippen LogP contribution >= 0.6 is 0 Å². The lowest BCUT2D eigenvalue weighted by Crippen LogP contribution is -2.45. The monoisotopic (exact) mass is 429 g/mol. The van der Waals surface area contributed by atoms with E-state index in [1.54, 1.807) is 19.0 Å². The van der Waals surface area contributed by atoms with Crippen molar-refractivity contribution in [3.8, 4) is 0 Å². The lowest BCUT2D eigenvalue weighted by molar-refractivity contribution is -0.127. The minimum atomic E-state index is -0.0187. The Morgan fingerprint density at radius 1 is 1.16 bits per heavy atom. The zero-order chi connectivity index (χ0) is 22.1. The number of hydrogen-bond donors (Lipinski definition) is 2. The Balaban J connectivity index is 1.50. The fourth-order valence-electron chi connectivity index (χ4n) is 3.54. The first kappa shape index (κ1) is 23.0. The number of imidazole rings is 1. The van der Waals surface area contributed by atoms with Crippen molar-refractivity contribution < 1.29 is 9.53 Å². The van der Waals surface area contributed by atoms with E-state index < -0.39 is 0 Å². The lowest BCUT2D eigenvalue weighted by Gasteiger charge is -2.26. The van der Waals surface area contributed by atoms with Crippen molar-refractivity contribution in [1.29, 1.82) is 0 Å². The number of aromatic nitrogens is 2. The van der Waals surface area contributed by atoms with E-state index in [1.165, 1.54) is 0 Å². The number of nitrogens with one attached hydrogen (secondary N) is 2. The fraction of sp³-hybridized carbons (Fsp3) is 0.591. The molecular formula is C22H35N7O2. The smallest absolute Gasteiger partial charge is 0.243 e. The van der Waals surface area contributed by atoms with E-state index in [9.17, 15) is 4.79 Å². The molecule has 1 aromatic carbocycles. The van der Waals surface area contributed by atoms with E-state index in [0.717, 1.165) is 75.8 Å². The maximum atomic E-state index is 11.9. The Labute approximate surface area is 184 Å². The Hall–Kier alpha value is -2.65. The molecule has 2 aromatic rings. The quantitative estimate of drug-likeness (QED) is 0.347. The van der Waals surface area contributed by atoms with Gasteiger partial charge < -0.3 is 24.8 Å². The molecule has 0 aliphatic carbocycles. The van der Waals surface area contributed by atoms with Crippen LogP contribution in [0.2, 0.25) is 0 Å². The van der Waals surface area contributed by atoms with Gasteiger partial charge in [-0.05, 0) is 25.5 Å². The molecule has 1 aromatic heterocycles. The number of benzene rings is 1. The van der Waals surface area contributed by atoms with Crippen LogP contribution in [-0.4, -0.2) is 97.8 Å². The average molecular weight is 430 g/mol. The molecule has 1 fully saturated rings. The van der Waals surface area contributed by atoms with Crippen molar-refractivity contribution >= 4 is 22.9 Å². The lowest BCUT2D eigenvalue weighted by atomic mass is 10.3. The van der Waals surface area contributed by atoms with Gasteiger partial charge in [0.25, 0.3) is 0 Å². The van der Waals surface area contributed by atoms with Gasteiger partial charge in [-0.25, -0.2) is 9.98 Å². The topological polar surface area (TPSA) is 87.0 Å². The maximum absolute atomic E-state index is 11.9. The van der Waals surface area contributed by atoms with Crippen molar-refractivity contribution in [2.45, 2.75) is 19.9 Å². The van der Waals surface area contributed by atoms with Gasteiger partial charge >= 0.3 is 0 Å². The van der Waals surface area contributed by atoms with Crippen LogP contribution in [0.4, 0.5) is 0 Å². The van der Waals surface area contributed by atoms with Gasteiger partial charge in [0.1, 0.15) is 12.4 Å². The number of ether oxygens (including phenoxy) is 1. The summed E-state index contributed by atoms with van der Waals surface area (Å²) in [4.78, 5) is 25.0. The summed E-state index contributed by atoms with van der Waals surface area (Å²) in [6.45, 7) is 8.99. The fourth-order valence-corrected chi connectivity index (χ4v) is 3.54. The molecule has 3 rings (SSSR count). The number of amides is 1. The Kier molecular flexibility index (Phi) is 8.66. The van der Waals surface area contributed by atoms with Crippen LogP contribution in [0.15, 0.2) is 29.3 Å². The highest BCUT2D eigenvalue weighted by atomic mass is 16.5. The molecule has 9 heteroatoms. The molecule has 0 bridgehead atoms. The van der Waals surface area contributed by atoms with Crippen LogP contribution in [-0.2, 0) is 16.1 Å². The highest BCUT2D eigenvalue weighted by molar-refractivity contribution is 5.84. The first-order valence-corrected chi connectivity index (χ1v) is 11.0. The van der Waals surface area contributed by atoms with Crippen LogP contribution in [0, 0.1) is 6.92 Å². The number of guanidine groups is 1. The normalized spacial score (nSPS) is 15.3. The molecule has 1 aliphatic rings. The van der Waals surface area contributed by atoms with Crippen LogP contribution in [0.3, 0.4) is 0 Å². The molecule has 1 saturated heterocycles. The van der Waals surface area contributed by atoms with E-state index in [2.05, 4.69) is 36.1 Å². The molecule has 1 aliphatic heterocycles. The van der Waals surface area contributed by atoms with E-state index >= 15 is 0 Å². The number of fused-ring (bicyclic) bond motifs is 1. The molecule has 0 spiro atoms. The van der Waals surface area contributed by atoms with Gasteiger partial charge in [-0.15, -0.1) is 0 Å². The third-order valence-corrected chi connectivity index (χ3v) is 5.39. The molecule has 2 heterocycles. The first-order chi connectivity index (χ1) is 15.0. The number of aliphatic imine (C=N–C) groups is 1. The van der Waals surface area contributed by atoms with Crippen LogP contribution in [0.25, 0.3) is 11.0 Å². The Bertz CT molecular complexity index is 872. The zero-order valence-electron chi connectivity index (χ0n) is 18.9. The summed E-state index contributed by atoms with van der Waals surface area (Å²) < 4.78 is 7.64. The molecule has 31 heavy (non-hydrogen) atoms. The summed E-state index contributed by atoms with van der Waals surface area (Å²) in [6.07, 6.45) is 0.924. The Morgan fingerprint density at radius 3 is 2.68 bits per heavy atom. The van der Waals surface area contributed by atoms with Crippen LogP contribution in [0.5, 0.6) is 0 Å². The van der Waals surface area contributed by atoms with E-state index in [1.807, 2.05) is 25.1 Å². The molecule has 2 N–H and O–H groups in total. The van der Waals surface area contributed by atoms with Crippen molar-refractivity contribution in [3.63, 3.8) is 0 Å². The van der Waals surface area contributed by atoms with Gasteiger partial charge in [0.15, 0.2) is 5.96 Å². The minimum absolute atomic E-state index is 0.0187. The largest absolute Gasteiger partial charge is 0.379 e. The summed E-state index contributed by atoms with van der Waals surface area (Å²) in [6, 6.07) is 8.21. The predicted molar refractivity (Wildman–Crippen MR) is 123 cm³/mol. The number of rotatable bonds is 9. The number of para-hydroxylation sites is 2. The number of aryl methyl sites for hydroxylation is 2. The molecule has 9 nitrogen and oxygen atoms in total. The predicted octanol–water partition coefficient (Wildman–Crippen LogP) is 0.690. The van der Waals surface area contributed by atoms with Gasteiger partial charge in [0.2, 0.25) is 5.91 Å². The number of carbonyl (C=O) groups is 1. The number of carbonyl (C=O) groups excluding carboxylic acids is 1. The zero-order valence-corrected chi connectivity index (χ0v) is 18.9. The van der Waals surface area contributed by atoms with E-state index in [-0.39, 0.29) is 12.5 Å². The number of likely N-dealkylation sites (N-methyl/N-ethyl adjacent to an activating group) is 1. The summed E-state index contributed by atoms with van der Waals surface area (Å²) in [5.41, 5.74) is 2.19. The standard InChI is InChI=1S/C22H35N7O2/c1-18-26-19-7-4-5-8-20(19)29(18)11-6-9-23-22(25-17-21(30)27(2)3)24-10-12-28-13-15-31-16-14-28/h4-5,7-8H,6,9-17H2,1-3H3,(H2,23,24,25). The van der Waals surface area contributed by atoms with E-state index in [4.69, 9.17) is 4.74 Å². The summed E-state index contributed by atoms with van der Waals surface area (Å²) in [5.74, 6) is 1.68. The number of nitrogens with zero attached hydrogens (tertiary/aromatic N) is 5. The number of hydrogen-bond acceptors (Lipinski definition) is 5. The van der Waals surface area contributed by atoms with Gasteiger partial charge in [-0.3, -0.25) is 9.69 Å². The van der Waals surface area contributed by atoms with E-state index in [0.29, 0.717) is 5.96 Å². The summed E-state index contributed by atoms with van der Waals surface area (Å²) in [7, 11) is 3.49. The highest BCUT2D eigenvalue weighted by Gasteiger charge is 2.11. The molecule has 0 radical (unpaired) electrons. The van der Waals surface area contributed by atoms with Crippen molar-refractivity contribution in [1.82, 2.24) is 30.0 Å². The van der Waals surface area contributed by atoms with Crippen molar-refractivity contribution in [3.05, 3.63) is 30.1 Å². The maximum Gasteiger partial charge on any atom is 0.243 e. The average Bonchev–Trinajstić information content (AvgIpc) is 3.09. The molecule has 0 saturated carbocycles. The van der Waals surface area contributed by atoms with Crippen molar-refractivity contribution in [2.75, 3.05) is 66.6 Å². The third-order valence-electron chi connectivity index (χ3n) is 5.39. The number of morpholine rings is 1. The second-order valence-electron chi connectivity index (χ2n) is 7.91. The second-order valence-corrected chi connectivity index (χ2v) is 7.91. The van der Waals surface area contributed by atoms with Gasteiger partial charge in [0.05, 0.1) is 24.2 Å².